The second kappa shape index (κ2) is 6.08. The summed E-state index contributed by atoms with van der Waals surface area (Å²) in [7, 11) is 0. The van der Waals surface area contributed by atoms with Crippen molar-refractivity contribution in [2.75, 3.05) is 19.8 Å². The molecule has 1 aliphatic rings. The van der Waals surface area contributed by atoms with Gasteiger partial charge in [0, 0.05) is 18.3 Å². The Labute approximate surface area is 117 Å². The van der Waals surface area contributed by atoms with Crippen LogP contribution in [0.25, 0.3) is 0 Å². The van der Waals surface area contributed by atoms with Crippen molar-refractivity contribution >= 4 is 23.1 Å². The van der Waals surface area contributed by atoms with E-state index >= 15 is 0 Å². The highest BCUT2D eigenvalue weighted by Gasteiger charge is 2.27. The highest BCUT2D eigenvalue weighted by molar-refractivity contribution is 7.80. The van der Waals surface area contributed by atoms with E-state index in [4.69, 9.17) is 22.7 Å². The number of amides is 1. The summed E-state index contributed by atoms with van der Waals surface area (Å²) in [4.78, 5) is 18.6. The third-order valence-electron chi connectivity index (χ3n) is 3.23. The number of hydrogen-bond donors (Lipinski definition) is 1. The van der Waals surface area contributed by atoms with Gasteiger partial charge < -0.3 is 15.4 Å². The summed E-state index contributed by atoms with van der Waals surface area (Å²) in [6.45, 7) is 3.82. The molecule has 2 N–H and O–H groups in total. The molecule has 5 nitrogen and oxygen atoms in total. The Balaban J connectivity index is 2.16. The summed E-state index contributed by atoms with van der Waals surface area (Å²) >= 11 is 4.86. The molecule has 0 aromatic carbocycles. The number of ether oxygens (including phenoxy) is 1. The number of thiocarbonyl (C=S) groups is 1. The molecule has 1 aromatic rings. The summed E-state index contributed by atoms with van der Waals surface area (Å²) in [5, 5.41) is 0. The Kier molecular flexibility index (Phi) is 4.44. The van der Waals surface area contributed by atoms with Crippen molar-refractivity contribution in [3.05, 3.63) is 29.6 Å². The molecule has 102 valence electrons. The van der Waals surface area contributed by atoms with Crippen LogP contribution in [0.1, 0.15) is 29.4 Å². The molecule has 1 aromatic heterocycles. The van der Waals surface area contributed by atoms with Crippen molar-refractivity contribution in [1.82, 2.24) is 9.88 Å². The van der Waals surface area contributed by atoms with E-state index in [0.717, 1.165) is 6.42 Å². The molecule has 6 heteroatoms. The second-order valence-corrected chi connectivity index (χ2v) is 4.87. The Morgan fingerprint density at radius 3 is 3.00 bits per heavy atom. The van der Waals surface area contributed by atoms with Crippen molar-refractivity contribution in [3.8, 4) is 0 Å². The molecule has 1 aliphatic heterocycles. The SMILES string of the molecule is CCC1COCCN1C(=O)c1ccc(C(N)=S)cn1. The molecule has 1 unspecified atom stereocenters. The van der Waals surface area contributed by atoms with E-state index < -0.39 is 0 Å². The first-order chi connectivity index (χ1) is 9.13. The smallest absolute Gasteiger partial charge is 0.272 e. The minimum atomic E-state index is -0.0651. The first-order valence-electron chi connectivity index (χ1n) is 6.28. The van der Waals surface area contributed by atoms with Crippen LogP contribution < -0.4 is 5.73 Å². The maximum absolute atomic E-state index is 12.4. The van der Waals surface area contributed by atoms with Crippen molar-refractivity contribution < 1.29 is 9.53 Å². The van der Waals surface area contributed by atoms with Crippen molar-refractivity contribution in [3.63, 3.8) is 0 Å². The summed E-state index contributed by atoms with van der Waals surface area (Å²) in [5.74, 6) is -0.0651. The summed E-state index contributed by atoms with van der Waals surface area (Å²) in [5.41, 5.74) is 6.59. The van der Waals surface area contributed by atoms with Crippen LogP contribution >= 0.6 is 12.2 Å². The van der Waals surface area contributed by atoms with Gasteiger partial charge in [-0.3, -0.25) is 9.78 Å². The molecule has 1 atom stereocenters. The number of rotatable bonds is 3. The molecule has 0 bridgehead atoms. The van der Waals surface area contributed by atoms with Crippen LogP contribution in [0, 0.1) is 0 Å². The number of morpholine rings is 1. The molecular weight excluding hydrogens is 262 g/mol. The van der Waals surface area contributed by atoms with E-state index in [2.05, 4.69) is 4.98 Å². The fourth-order valence-corrected chi connectivity index (χ4v) is 2.19. The number of nitrogens with zero attached hydrogens (tertiary/aromatic N) is 2. The van der Waals surface area contributed by atoms with Crippen LogP contribution in [0.2, 0.25) is 0 Å². The summed E-state index contributed by atoms with van der Waals surface area (Å²) < 4.78 is 5.39. The molecule has 0 spiro atoms. The molecule has 19 heavy (non-hydrogen) atoms. The van der Waals surface area contributed by atoms with Gasteiger partial charge in [-0.1, -0.05) is 19.1 Å². The highest BCUT2D eigenvalue weighted by Crippen LogP contribution is 2.14. The fraction of sp³-hybridized carbons (Fsp3) is 0.462. The number of nitrogens with two attached hydrogens (primary N) is 1. The summed E-state index contributed by atoms with van der Waals surface area (Å²) in [6.07, 6.45) is 2.41. The van der Waals surface area contributed by atoms with Gasteiger partial charge in [0.2, 0.25) is 0 Å². The monoisotopic (exact) mass is 279 g/mol. The van der Waals surface area contributed by atoms with Gasteiger partial charge in [-0.25, -0.2) is 0 Å². The molecule has 0 aliphatic carbocycles. The first kappa shape index (κ1) is 13.9. The molecule has 1 amide bonds. The number of pyridine rings is 1. The van der Waals surface area contributed by atoms with Gasteiger partial charge in [-0.2, -0.15) is 0 Å². The highest BCUT2D eigenvalue weighted by atomic mass is 32.1. The maximum atomic E-state index is 12.4. The largest absolute Gasteiger partial charge is 0.389 e. The average Bonchev–Trinajstić information content (AvgIpc) is 2.46. The van der Waals surface area contributed by atoms with Crippen LogP contribution in [0.5, 0.6) is 0 Å². The van der Waals surface area contributed by atoms with Gasteiger partial charge in [0.05, 0.1) is 19.3 Å². The molecule has 2 heterocycles. The van der Waals surface area contributed by atoms with E-state index in [1.807, 2.05) is 11.8 Å². The summed E-state index contributed by atoms with van der Waals surface area (Å²) in [6, 6.07) is 3.52. The first-order valence-corrected chi connectivity index (χ1v) is 6.69. The van der Waals surface area contributed by atoms with E-state index in [1.165, 1.54) is 6.20 Å². The van der Waals surface area contributed by atoms with Crippen LogP contribution in [0.4, 0.5) is 0 Å². The van der Waals surface area contributed by atoms with Crippen molar-refractivity contribution in [2.24, 2.45) is 5.73 Å². The van der Waals surface area contributed by atoms with Gasteiger partial charge in [-0.15, -0.1) is 0 Å². The fourth-order valence-electron chi connectivity index (χ4n) is 2.07. The zero-order valence-electron chi connectivity index (χ0n) is 10.8. The standard InChI is InChI=1S/C13H17N3O2S/c1-2-10-8-18-6-5-16(10)13(17)11-4-3-9(7-15-11)12(14)19/h3-4,7,10H,2,5-6,8H2,1H3,(H2,14,19). The molecule has 1 fully saturated rings. The quantitative estimate of drug-likeness (QED) is 0.835. The number of aromatic nitrogens is 1. The normalized spacial score (nSPS) is 19.2. The molecule has 0 saturated carbocycles. The third kappa shape index (κ3) is 3.08. The predicted octanol–water partition coefficient (Wildman–Crippen LogP) is 0.967. The molecule has 0 radical (unpaired) electrons. The van der Waals surface area contributed by atoms with E-state index in [1.54, 1.807) is 12.1 Å². The number of carbonyl (C=O) groups excluding carboxylic acids is 1. The van der Waals surface area contributed by atoms with Gasteiger partial charge in [0.1, 0.15) is 10.7 Å². The zero-order valence-corrected chi connectivity index (χ0v) is 11.7. The van der Waals surface area contributed by atoms with Crippen molar-refractivity contribution in [1.29, 1.82) is 0 Å². The molecule has 1 saturated heterocycles. The van der Waals surface area contributed by atoms with E-state index in [-0.39, 0.29) is 16.9 Å². The minimum absolute atomic E-state index is 0.0651. The number of hydrogen-bond acceptors (Lipinski definition) is 4. The Bertz CT molecular complexity index is 475. The maximum Gasteiger partial charge on any atom is 0.272 e. The number of carbonyl (C=O) groups is 1. The minimum Gasteiger partial charge on any atom is -0.389 e. The molecular formula is C13H17N3O2S. The molecule has 2 rings (SSSR count). The lowest BCUT2D eigenvalue weighted by Crippen LogP contribution is -2.48. The lowest BCUT2D eigenvalue weighted by Gasteiger charge is -2.34. The van der Waals surface area contributed by atoms with E-state index in [9.17, 15) is 4.79 Å². The zero-order chi connectivity index (χ0) is 13.8. The van der Waals surface area contributed by atoms with Crippen LogP contribution in [-0.4, -0.2) is 46.6 Å². The van der Waals surface area contributed by atoms with Gasteiger partial charge in [0.15, 0.2) is 0 Å². The van der Waals surface area contributed by atoms with Crippen LogP contribution in [0.3, 0.4) is 0 Å². The van der Waals surface area contributed by atoms with Crippen LogP contribution in [0.15, 0.2) is 18.3 Å². The Morgan fingerprint density at radius 2 is 2.42 bits per heavy atom. The van der Waals surface area contributed by atoms with Gasteiger partial charge >= 0.3 is 0 Å². The average molecular weight is 279 g/mol. The lowest BCUT2D eigenvalue weighted by atomic mass is 10.1. The predicted molar refractivity (Wildman–Crippen MR) is 76.1 cm³/mol. The Morgan fingerprint density at radius 1 is 1.63 bits per heavy atom. The van der Waals surface area contributed by atoms with E-state index in [0.29, 0.717) is 31.0 Å². The topological polar surface area (TPSA) is 68.5 Å². The second-order valence-electron chi connectivity index (χ2n) is 4.43. The van der Waals surface area contributed by atoms with Gasteiger partial charge in [-0.05, 0) is 18.6 Å². The lowest BCUT2D eigenvalue weighted by molar-refractivity contribution is -0.00310. The van der Waals surface area contributed by atoms with Crippen molar-refractivity contribution in [2.45, 2.75) is 19.4 Å². The van der Waals surface area contributed by atoms with Crippen LogP contribution in [-0.2, 0) is 4.74 Å². The third-order valence-corrected chi connectivity index (χ3v) is 3.46. The Hall–Kier alpha value is -1.53. The van der Waals surface area contributed by atoms with Gasteiger partial charge in [0.25, 0.3) is 5.91 Å².